The van der Waals surface area contributed by atoms with Crippen LogP contribution in [0.1, 0.15) is 17.2 Å². The van der Waals surface area contributed by atoms with Crippen molar-refractivity contribution in [2.75, 3.05) is 0 Å². The summed E-state index contributed by atoms with van der Waals surface area (Å²) in [6.45, 7) is 1.02. The molecule has 0 N–H and O–H groups in total. The number of hydrogen-bond donors (Lipinski definition) is 0. The van der Waals surface area contributed by atoms with Gasteiger partial charge in [0.1, 0.15) is 6.10 Å². The highest BCUT2D eigenvalue weighted by molar-refractivity contribution is 7.14. The molecule has 0 spiro atoms. The Morgan fingerprint density at radius 3 is 2.67 bits per heavy atom. The number of nitrogens with zero attached hydrogens (tertiary/aromatic N) is 2. The predicted molar refractivity (Wildman–Crippen MR) is 103 cm³/mol. The maximum atomic E-state index is 6.34. The molecule has 0 saturated carbocycles. The molecule has 8 heteroatoms. The van der Waals surface area contributed by atoms with E-state index >= 15 is 0 Å². The molecule has 3 rings (SSSR count). The number of ether oxygens (including phenoxy) is 1. The molecule has 1 aromatic carbocycles. The van der Waals surface area contributed by atoms with E-state index < -0.39 is 0 Å². The Bertz CT molecular complexity index is 776. The summed E-state index contributed by atoms with van der Waals surface area (Å²) < 4.78 is 8.79. The van der Waals surface area contributed by atoms with Crippen LogP contribution in [-0.2, 0) is 17.9 Å². The fourth-order valence-electron chi connectivity index (χ4n) is 2.20. The van der Waals surface area contributed by atoms with E-state index in [1.807, 2.05) is 34.3 Å². The molecule has 2 heterocycles. The van der Waals surface area contributed by atoms with Gasteiger partial charge in [-0.05, 0) is 23.6 Å². The van der Waals surface area contributed by atoms with E-state index in [4.69, 9.17) is 39.5 Å². The van der Waals surface area contributed by atoms with E-state index in [0.717, 1.165) is 15.5 Å². The third-order valence-corrected chi connectivity index (χ3v) is 5.19. The van der Waals surface area contributed by atoms with Crippen LogP contribution in [-0.4, -0.2) is 9.55 Å². The molecule has 2 aromatic heterocycles. The first-order valence-electron chi connectivity index (χ1n) is 6.87. The Kier molecular flexibility index (Phi) is 7.41. The van der Waals surface area contributed by atoms with Gasteiger partial charge >= 0.3 is 0 Å². The molecule has 0 aliphatic heterocycles. The van der Waals surface area contributed by atoms with Gasteiger partial charge in [0.05, 0.1) is 23.8 Å². The molecule has 0 amide bonds. The van der Waals surface area contributed by atoms with Crippen LogP contribution < -0.4 is 0 Å². The number of aromatic nitrogens is 2. The second-order valence-electron chi connectivity index (χ2n) is 4.94. The summed E-state index contributed by atoms with van der Waals surface area (Å²) in [5.41, 5.74) is 1.86. The molecule has 3 nitrogen and oxygen atoms in total. The molecule has 0 radical (unpaired) electrons. The van der Waals surface area contributed by atoms with E-state index in [9.17, 15) is 0 Å². The molecule has 0 fully saturated rings. The van der Waals surface area contributed by atoms with Crippen LogP contribution in [0.2, 0.25) is 14.4 Å². The molecule has 3 aromatic rings. The standard InChI is InChI=1S/C16H13Cl3N2OS.ClH/c17-12-1-2-13(14(18)7-12)15(8-21-5-4-20-10-21)22-9-11-3-6-23-16(11)19;/h1-7,10,15H,8-9H2;1H/t15-;/m1./s1. The number of hydrogen-bond acceptors (Lipinski definition) is 3. The van der Waals surface area contributed by atoms with E-state index in [1.165, 1.54) is 11.3 Å². The molecule has 0 unspecified atom stereocenters. The van der Waals surface area contributed by atoms with E-state index in [2.05, 4.69) is 4.98 Å². The van der Waals surface area contributed by atoms with Gasteiger partial charge in [-0.15, -0.1) is 23.7 Å². The van der Waals surface area contributed by atoms with Crippen molar-refractivity contribution in [1.82, 2.24) is 9.55 Å². The van der Waals surface area contributed by atoms with E-state index in [-0.39, 0.29) is 18.5 Å². The van der Waals surface area contributed by atoms with Crippen molar-refractivity contribution < 1.29 is 4.74 Å². The summed E-state index contributed by atoms with van der Waals surface area (Å²) in [6, 6.07) is 7.39. The highest BCUT2D eigenvalue weighted by atomic mass is 35.5. The summed E-state index contributed by atoms with van der Waals surface area (Å²) in [5.74, 6) is 0. The quantitative estimate of drug-likeness (QED) is 0.466. The summed E-state index contributed by atoms with van der Waals surface area (Å²) >= 11 is 20.0. The molecule has 1 atom stereocenters. The Morgan fingerprint density at radius 1 is 1.21 bits per heavy atom. The molecule has 0 bridgehead atoms. The molecule has 0 saturated heterocycles. The van der Waals surface area contributed by atoms with Gasteiger partial charge in [-0.25, -0.2) is 4.98 Å². The molecule has 128 valence electrons. The summed E-state index contributed by atoms with van der Waals surface area (Å²) in [7, 11) is 0. The summed E-state index contributed by atoms with van der Waals surface area (Å²) in [5, 5.41) is 3.13. The lowest BCUT2D eigenvalue weighted by atomic mass is 10.1. The monoisotopic (exact) mass is 422 g/mol. The van der Waals surface area contributed by atoms with Crippen molar-refractivity contribution in [2.45, 2.75) is 19.3 Å². The van der Waals surface area contributed by atoms with Gasteiger partial charge in [0.15, 0.2) is 0 Å². The van der Waals surface area contributed by atoms with Crippen molar-refractivity contribution in [3.8, 4) is 0 Å². The molecule has 0 aliphatic carbocycles. The van der Waals surface area contributed by atoms with Crippen LogP contribution in [0.4, 0.5) is 0 Å². The fraction of sp³-hybridized carbons (Fsp3) is 0.188. The van der Waals surface area contributed by atoms with Gasteiger partial charge in [-0.3, -0.25) is 0 Å². The number of rotatable bonds is 6. The van der Waals surface area contributed by atoms with Crippen LogP contribution in [0.15, 0.2) is 48.4 Å². The van der Waals surface area contributed by atoms with Crippen molar-refractivity contribution >= 4 is 58.5 Å². The zero-order valence-corrected chi connectivity index (χ0v) is 16.3. The third-order valence-electron chi connectivity index (χ3n) is 3.38. The Balaban J connectivity index is 0.00000208. The van der Waals surface area contributed by atoms with Crippen LogP contribution in [0.3, 0.4) is 0 Å². The maximum Gasteiger partial charge on any atom is 0.102 e. The lowest BCUT2D eigenvalue weighted by Crippen LogP contribution is -2.12. The van der Waals surface area contributed by atoms with E-state index in [0.29, 0.717) is 23.2 Å². The summed E-state index contributed by atoms with van der Waals surface area (Å²) in [4.78, 5) is 4.06. The number of thiophene rings is 1. The van der Waals surface area contributed by atoms with Crippen LogP contribution >= 0.6 is 58.5 Å². The highest BCUT2D eigenvalue weighted by Gasteiger charge is 2.17. The Hall–Kier alpha value is -0.750. The third kappa shape index (κ3) is 4.88. The lowest BCUT2D eigenvalue weighted by molar-refractivity contribution is 0.0282. The maximum absolute atomic E-state index is 6.34. The van der Waals surface area contributed by atoms with Gasteiger partial charge in [0.25, 0.3) is 0 Å². The second kappa shape index (κ2) is 9.09. The number of imidazole rings is 1. The van der Waals surface area contributed by atoms with Crippen molar-refractivity contribution in [2.24, 2.45) is 0 Å². The second-order valence-corrected chi connectivity index (χ2v) is 7.31. The first-order chi connectivity index (χ1) is 11.1. The minimum atomic E-state index is -0.232. The largest absolute Gasteiger partial charge is 0.367 e. The van der Waals surface area contributed by atoms with Crippen LogP contribution in [0.5, 0.6) is 0 Å². The fourth-order valence-corrected chi connectivity index (χ4v) is 3.63. The first kappa shape index (κ1) is 19.6. The minimum absolute atomic E-state index is 0. The Labute approximate surface area is 165 Å². The average molecular weight is 424 g/mol. The van der Waals surface area contributed by atoms with Crippen molar-refractivity contribution in [3.63, 3.8) is 0 Å². The predicted octanol–water partition coefficient (Wildman–Crippen LogP) is 6.28. The van der Waals surface area contributed by atoms with Crippen molar-refractivity contribution in [1.29, 1.82) is 0 Å². The van der Waals surface area contributed by atoms with Gasteiger partial charge in [-0.1, -0.05) is 40.9 Å². The Morgan fingerprint density at radius 2 is 2.04 bits per heavy atom. The first-order valence-corrected chi connectivity index (χ1v) is 8.89. The number of halogens is 4. The molecular weight excluding hydrogens is 410 g/mol. The zero-order valence-electron chi connectivity index (χ0n) is 12.4. The van der Waals surface area contributed by atoms with Crippen molar-refractivity contribution in [3.05, 3.63) is 73.9 Å². The summed E-state index contributed by atoms with van der Waals surface area (Å²) in [6.07, 6.45) is 5.14. The van der Waals surface area contributed by atoms with E-state index in [1.54, 1.807) is 18.6 Å². The minimum Gasteiger partial charge on any atom is -0.367 e. The smallest absolute Gasteiger partial charge is 0.102 e. The lowest BCUT2D eigenvalue weighted by Gasteiger charge is -2.20. The SMILES string of the molecule is Cl.Clc1ccc([C@@H](Cn2ccnc2)OCc2ccsc2Cl)c(Cl)c1. The highest BCUT2D eigenvalue weighted by Crippen LogP contribution is 2.32. The van der Waals surface area contributed by atoms with Gasteiger partial charge in [-0.2, -0.15) is 0 Å². The molecule has 24 heavy (non-hydrogen) atoms. The van der Waals surface area contributed by atoms with Crippen LogP contribution in [0.25, 0.3) is 0 Å². The van der Waals surface area contributed by atoms with Gasteiger partial charge in [0.2, 0.25) is 0 Å². The average Bonchev–Trinajstić information content (AvgIpc) is 3.16. The van der Waals surface area contributed by atoms with Gasteiger partial charge in [0, 0.05) is 33.6 Å². The molecular formula is C16H14Cl4N2OS. The number of benzene rings is 1. The topological polar surface area (TPSA) is 27.1 Å². The zero-order chi connectivity index (χ0) is 16.2. The molecule has 0 aliphatic rings. The van der Waals surface area contributed by atoms with Crippen LogP contribution in [0, 0.1) is 0 Å². The van der Waals surface area contributed by atoms with Gasteiger partial charge < -0.3 is 9.30 Å². The normalized spacial score (nSPS) is 12.0.